The van der Waals surface area contributed by atoms with Gasteiger partial charge >= 0.3 is 0 Å². The average Bonchev–Trinajstić information content (AvgIpc) is 2.98. The van der Waals surface area contributed by atoms with Crippen LogP contribution >= 0.6 is 12.4 Å². The molecule has 0 aliphatic carbocycles. The van der Waals surface area contributed by atoms with Crippen LogP contribution in [0.4, 0.5) is 0 Å². The predicted octanol–water partition coefficient (Wildman–Crippen LogP) is 1.49. The summed E-state index contributed by atoms with van der Waals surface area (Å²) in [4.78, 5) is 14.2. The molecule has 29 heavy (non-hydrogen) atoms. The minimum absolute atomic E-state index is 0. The van der Waals surface area contributed by atoms with E-state index in [1.54, 1.807) is 30.1 Å². The summed E-state index contributed by atoms with van der Waals surface area (Å²) in [5.41, 5.74) is 3.04. The number of carbonyl (C=O) groups excluding carboxylic acids is 1. The number of nitrogens with zero attached hydrogens (tertiary/aromatic N) is 2. The van der Waals surface area contributed by atoms with Gasteiger partial charge in [-0.2, -0.15) is 8.42 Å². The van der Waals surface area contributed by atoms with E-state index < -0.39 is 10.0 Å². The maximum Gasteiger partial charge on any atom is 0.285 e. The molecule has 7 nitrogen and oxygen atoms in total. The van der Waals surface area contributed by atoms with E-state index in [4.69, 9.17) is 0 Å². The van der Waals surface area contributed by atoms with Crippen molar-refractivity contribution in [3.8, 4) is 0 Å². The number of amidine groups is 1. The molecule has 1 atom stereocenters. The van der Waals surface area contributed by atoms with Crippen molar-refractivity contribution < 1.29 is 13.2 Å². The number of halogens is 1. The third-order valence-corrected chi connectivity index (χ3v) is 6.40. The average molecular weight is 435 g/mol. The first-order chi connectivity index (χ1) is 13.5. The first-order valence-corrected chi connectivity index (χ1v) is 10.6. The molecular formula is C20H23ClN4O3S. The van der Waals surface area contributed by atoms with E-state index in [1.165, 1.54) is 17.2 Å². The van der Waals surface area contributed by atoms with Crippen molar-refractivity contribution in [3.05, 3.63) is 65.2 Å². The van der Waals surface area contributed by atoms with Gasteiger partial charge in [-0.15, -0.1) is 16.8 Å². The van der Waals surface area contributed by atoms with E-state index in [0.717, 1.165) is 13.0 Å². The highest BCUT2D eigenvalue weighted by atomic mass is 35.5. The Hall–Kier alpha value is -2.42. The lowest BCUT2D eigenvalue weighted by Crippen LogP contribution is -2.43. The van der Waals surface area contributed by atoms with Crippen molar-refractivity contribution in [1.82, 2.24) is 15.5 Å². The zero-order valence-electron chi connectivity index (χ0n) is 16.0. The quantitative estimate of drug-likeness (QED) is 0.760. The maximum atomic E-state index is 12.5. The number of nitrogens with one attached hydrogen (secondary N) is 2. The molecule has 2 heterocycles. The Morgan fingerprint density at radius 3 is 2.76 bits per heavy atom. The number of hydrogen-bond donors (Lipinski definition) is 2. The first kappa shape index (κ1) is 21.3. The Labute approximate surface area is 176 Å². The summed E-state index contributed by atoms with van der Waals surface area (Å²) >= 11 is 0. The molecule has 0 fully saturated rings. The van der Waals surface area contributed by atoms with Crippen molar-refractivity contribution >= 4 is 34.2 Å². The molecule has 9 heteroatoms. The van der Waals surface area contributed by atoms with Crippen LogP contribution in [-0.4, -0.2) is 51.7 Å². The molecule has 154 valence electrons. The molecule has 1 unspecified atom stereocenters. The molecule has 2 N–H and O–H groups in total. The first-order valence-electron chi connectivity index (χ1n) is 9.19. The zero-order valence-corrected chi connectivity index (χ0v) is 17.6. The fourth-order valence-corrected chi connectivity index (χ4v) is 4.95. The van der Waals surface area contributed by atoms with Crippen molar-refractivity contribution in [2.45, 2.75) is 17.4 Å². The summed E-state index contributed by atoms with van der Waals surface area (Å²) in [7, 11) is -2.02. The van der Waals surface area contributed by atoms with Crippen molar-refractivity contribution in [2.24, 2.45) is 4.40 Å². The number of fused-ring (bicyclic) bond motifs is 2. The van der Waals surface area contributed by atoms with Gasteiger partial charge in [0.15, 0.2) is 5.84 Å². The highest BCUT2D eigenvalue weighted by molar-refractivity contribution is 7.90. The monoisotopic (exact) mass is 434 g/mol. The number of hydrogen-bond acceptors (Lipinski definition) is 5. The Bertz CT molecular complexity index is 1060. The van der Waals surface area contributed by atoms with Gasteiger partial charge in [0.25, 0.3) is 10.0 Å². The SMILES string of the molecule is CN(CC(=O)NCC1NCCc2ccccc21)C1=NS(=O)(=O)c2ccccc21.Cl. The second kappa shape index (κ2) is 8.52. The van der Waals surface area contributed by atoms with Gasteiger partial charge in [-0.25, -0.2) is 0 Å². The molecule has 1 amide bonds. The van der Waals surface area contributed by atoms with Crippen molar-refractivity contribution in [2.75, 3.05) is 26.7 Å². The predicted molar refractivity (Wildman–Crippen MR) is 114 cm³/mol. The number of rotatable bonds is 4. The minimum atomic E-state index is -3.69. The van der Waals surface area contributed by atoms with E-state index >= 15 is 0 Å². The molecular weight excluding hydrogens is 412 g/mol. The highest BCUT2D eigenvalue weighted by Gasteiger charge is 2.31. The highest BCUT2D eigenvalue weighted by Crippen LogP contribution is 2.27. The summed E-state index contributed by atoms with van der Waals surface area (Å²) in [6.45, 7) is 1.38. The van der Waals surface area contributed by atoms with Crippen LogP contribution in [0.3, 0.4) is 0 Å². The second-order valence-electron chi connectivity index (χ2n) is 7.00. The van der Waals surface area contributed by atoms with Crippen LogP contribution in [0, 0.1) is 0 Å². The molecule has 0 saturated carbocycles. The lowest BCUT2D eigenvalue weighted by Gasteiger charge is -2.27. The number of carbonyl (C=O) groups is 1. The van der Waals surface area contributed by atoms with Crippen molar-refractivity contribution in [1.29, 1.82) is 0 Å². The molecule has 4 rings (SSSR count). The summed E-state index contributed by atoms with van der Waals surface area (Å²) in [5, 5.41) is 6.38. The fraction of sp³-hybridized carbons (Fsp3) is 0.300. The lowest BCUT2D eigenvalue weighted by atomic mass is 9.94. The van der Waals surface area contributed by atoms with Gasteiger partial charge in [0.05, 0.1) is 6.54 Å². The standard InChI is InChI=1S/C20H22N4O3S.ClH/c1-24(20-16-8-4-5-9-18(16)28(26,27)23-20)13-19(25)22-12-17-15-7-3-2-6-14(15)10-11-21-17;/h2-9,17,21H,10-13H2,1H3,(H,22,25);1H. The summed E-state index contributed by atoms with van der Waals surface area (Å²) in [6.07, 6.45) is 0.983. The van der Waals surface area contributed by atoms with Crippen LogP contribution in [0.2, 0.25) is 0 Å². The Morgan fingerprint density at radius 1 is 1.21 bits per heavy atom. The van der Waals surface area contributed by atoms with Crippen LogP contribution in [0.5, 0.6) is 0 Å². The number of sulfonamides is 1. The van der Waals surface area contributed by atoms with Gasteiger partial charge in [0.2, 0.25) is 5.91 Å². The van der Waals surface area contributed by atoms with E-state index in [1.807, 2.05) is 12.1 Å². The molecule has 2 aromatic rings. The number of likely N-dealkylation sites (N-methyl/N-ethyl adjacent to an activating group) is 1. The summed E-state index contributed by atoms with van der Waals surface area (Å²) in [5.74, 6) is 0.115. The molecule has 0 aromatic heterocycles. The molecule has 0 bridgehead atoms. The minimum Gasteiger partial charge on any atom is -0.353 e. The second-order valence-corrected chi connectivity index (χ2v) is 8.57. The Kier molecular flexibility index (Phi) is 6.26. The van der Waals surface area contributed by atoms with Crippen LogP contribution in [0.15, 0.2) is 57.8 Å². The molecule has 2 aliphatic heterocycles. The van der Waals surface area contributed by atoms with Crippen LogP contribution < -0.4 is 10.6 Å². The smallest absolute Gasteiger partial charge is 0.285 e. The molecule has 0 saturated heterocycles. The van der Waals surface area contributed by atoms with Gasteiger partial charge in [-0.05, 0) is 36.2 Å². The summed E-state index contributed by atoms with van der Waals surface area (Å²) < 4.78 is 28.2. The number of amides is 1. The number of benzene rings is 2. The third kappa shape index (κ3) is 4.29. The molecule has 0 spiro atoms. The zero-order chi connectivity index (χ0) is 19.7. The largest absolute Gasteiger partial charge is 0.353 e. The van der Waals surface area contributed by atoms with Crippen LogP contribution in [0.1, 0.15) is 22.7 Å². The van der Waals surface area contributed by atoms with Gasteiger partial charge in [0.1, 0.15) is 4.90 Å². The Balaban J connectivity index is 0.00000240. The van der Waals surface area contributed by atoms with Gasteiger partial charge < -0.3 is 15.5 Å². The lowest BCUT2D eigenvalue weighted by molar-refractivity contribution is -0.121. The topological polar surface area (TPSA) is 90.9 Å². The molecule has 2 aromatic carbocycles. The third-order valence-electron chi connectivity index (χ3n) is 5.07. The fourth-order valence-electron chi connectivity index (χ4n) is 3.70. The van der Waals surface area contributed by atoms with E-state index in [0.29, 0.717) is 17.9 Å². The van der Waals surface area contributed by atoms with Gasteiger partial charge in [-0.1, -0.05) is 36.4 Å². The van der Waals surface area contributed by atoms with E-state index in [9.17, 15) is 13.2 Å². The van der Waals surface area contributed by atoms with Gasteiger partial charge in [0, 0.05) is 25.2 Å². The van der Waals surface area contributed by atoms with E-state index in [-0.39, 0.29) is 35.8 Å². The maximum absolute atomic E-state index is 12.5. The summed E-state index contributed by atoms with van der Waals surface area (Å²) in [6, 6.07) is 15.0. The van der Waals surface area contributed by atoms with E-state index in [2.05, 4.69) is 27.2 Å². The van der Waals surface area contributed by atoms with Gasteiger partial charge in [-0.3, -0.25) is 4.79 Å². The van der Waals surface area contributed by atoms with Crippen molar-refractivity contribution in [3.63, 3.8) is 0 Å². The van der Waals surface area contributed by atoms with Crippen LogP contribution in [0.25, 0.3) is 0 Å². The normalized spacial score (nSPS) is 18.7. The Morgan fingerprint density at radius 2 is 1.93 bits per heavy atom. The van der Waals surface area contributed by atoms with Crippen LogP contribution in [-0.2, 0) is 21.2 Å². The molecule has 0 radical (unpaired) electrons. The molecule has 2 aliphatic rings.